The van der Waals surface area contributed by atoms with Crippen LogP contribution >= 0.6 is 0 Å². The first kappa shape index (κ1) is 18.2. The number of rotatable bonds is 5. The third-order valence-corrected chi connectivity index (χ3v) is 5.13. The number of hydrogen-bond donors (Lipinski definition) is 2. The molecule has 1 saturated heterocycles. The van der Waals surface area contributed by atoms with Gasteiger partial charge in [0.25, 0.3) is 5.91 Å². The normalized spacial score (nSPS) is 17.6. The van der Waals surface area contributed by atoms with E-state index in [1.807, 2.05) is 24.3 Å². The zero-order valence-electron chi connectivity index (χ0n) is 15.5. The minimum Gasteiger partial charge on any atom is -0.454 e. The number of ether oxygens (including phenoxy) is 2. The summed E-state index contributed by atoms with van der Waals surface area (Å²) in [5, 5.41) is 2.96. The Morgan fingerprint density at radius 3 is 2.71 bits per heavy atom. The fourth-order valence-electron chi connectivity index (χ4n) is 3.61. The summed E-state index contributed by atoms with van der Waals surface area (Å²) in [5.74, 6) is 0.931. The van der Waals surface area contributed by atoms with E-state index in [1.54, 1.807) is 23.1 Å². The predicted octanol–water partition coefficient (Wildman–Crippen LogP) is 1.96. The molecule has 0 bridgehead atoms. The van der Waals surface area contributed by atoms with Crippen molar-refractivity contribution in [3.63, 3.8) is 0 Å². The van der Waals surface area contributed by atoms with Crippen LogP contribution in [0.5, 0.6) is 11.5 Å². The Hall–Kier alpha value is -3.22. The first-order valence-electron chi connectivity index (χ1n) is 9.44. The number of hydrogen-bond acceptors (Lipinski definition) is 5. The maximum absolute atomic E-state index is 12.9. The Labute approximate surface area is 163 Å². The zero-order valence-corrected chi connectivity index (χ0v) is 15.5. The van der Waals surface area contributed by atoms with Gasteiger partial charge in [0.1, 0.15) is 6.04 Å². The fraction of sp³-hybridized carbons (Fsp3) is 0.333. The van der Waals surface area contributed by atoms with Crippen molar-refractivity contribution >= 4 is 17.5 Å². The summed E-state index contributed by atoms with van der Waals surface area (Å²) >= 11 is 0. The molecule has 2 aliphatic heterocycles. The van der Waals surface area contributed by atoms with Gasteiger partial charge >= 0.3 is 0 Å². The molecule has 2 aromatic carbocycles. The highest BCUT2D eigenvalue weighted by Gasteiger charge is 2.34. The molecule has 1 unspecified atom stereocenters. The molecule has 7 nitrogen and oxygen atoms in total. The number of carbonyl (C=O) groups is 2. The second-order valence-corrected chi connectivity index (χ2v) is 7.01. The third-order valence-electron chi connectivity index (χ3n) is 5.13. The van der Waals surface area contributed by atoms with Crippen LogP contribution in [0, 0.1) is 0 Å². The summed E-state index contributed by atoms with van der Waals surface area (Å²) in [6.07, 6.45) is 2.20. The summed E-state index contributed by atoms with van der Waals surface area (Å²) in [7, 11) is 0. The number of amides is 2. The van der Waals surface area contributed by atoms with Crippen molar-refractivity contribution in [2.45, 2.75) is 25.3 Å². The minimum atomic E-state index is -0.440. The largest absolute Gasteiger partial charge is 0.454 e. The molecule has 146 valence electrons. The molecule has 0 saturated carbocycles. The predicted molar refractivity (Wildman–Crippen MR) is 104 cm³/mol. The fourth-order valence-corrected chi connectivity index (χ4v) is 3.61. The SMILES string of the molecule is Nc1ccc(CCNC(=O)C2CCCN2C(=O)c2ccc3c(c2)OCO3)cc1. The molecule has 2 aromatic rings. The maximum atomic E-state index is 12.9. The van der Waals surface area contributed by atoms with E-state index in [0.717, 1.165) is 24.1 Å². The van der Waals surface area contributed by atoms with Crippen LogP contribution in [0.3, 0.4) is 0 Å². The third kappa shape index (κ3) is 3.74. The molecule has 7 heteroatoms. The van der Waals surface area contributed by atoms with Crippen molar-refractivity contribution in [2.24, 2.45) is 0 Å². The van der Waals surface area contributed by atoms with Gasteiger partial charge in [0.2, 0.25) is 12.7 Å². The first-order chi connectivity index (χ1) is 13.6. The van der Waals surface area contributed by atoms with Crippen LogP contribution in [0.25, 0.3) is 0 Å². The Bertz CT molecular complexity index is 882. The number of nitrogens with two attached hydrogens (primary N) is 1. The second-order valence-electron chi connectivity index (χ2n) is 7.01. The van der Waals surface area contributed by atoms with Crippen molar-refractivity contribution in [1.29, 1.82) is 0 Å². The van der Waals surface area contributed by atoms with Crippen LogP contribution in [-0.4, -0.2) is 42.6 Å². The summed E-state index contributed by atoms with van der Waals surface area (Å²) in [6.45, 7) is 1.25. The van der Waals surface area contributed by atoms with E-state index in [0.29, 0.717) is 36.6 Å². The molecule has 0 aromatic heterocycles. The van der Waals surface area contributed by atoms with E-state index in [2.05, 4.69) is 5.32 Å². The smallest absolute Gasteiger partial charge is 0.254 e. The van der Waals surface area contributed by atoms with Crippen molar-refractivity contribution < 1.29 is 19.1 Å². The zero-order chi connectivity index (χ0) is 19.5. The van der Waals surface area contributed by atoms with Crippen LogP contribution in [0.15, 0.2) is 42.5 Å². The number of nitrogens with one attached hydrogen (secondary N) is 1. The van der Waals surface area contributed by atoms with Crippen LogP contribution < -0.4 is 20.5 Å². The Morgan fingerprint density at radius 2 is 1.89 bits per heavy atom. The molecule has 0 aliphatic carbocycles. The van der Waals surface area contributed by atoms with Gasteiger partial charge in [0.15, 0.2) is 11.5 Å². The molecular formula is C21H23N3O4. The van der Waals surface area contributed by atoms with Crippen LogP contribution in [0.4, 0.5) is 5.69 Å². The van der Waals surface area contributed by atoms with Gasteiger partial charge in [-0.3, -0.25) is 9.59 Å². The van der Waals surface area contributed by atoms with E-state index >= 15 is 0 Å². The van der Waals surface area contributed by atoms with E-state index in [4.69, 9.17) is 15.2 Å². The van der Waals surface area contributed by atoms with Gasteiger partial charge in [-0.25, -0.2) is 0 Å². The molecule has 3 N–H and O–H groups in total. The van der Waals surface area contributed by atoms with Gasteiger partial charge in [0, 0.05) is 24.3 Å². The molecule has 0 spiro atoms. The minimum absolute atomic E-state index is 0.109. The summed E-state index contributed by atoms with van der Waals surface area (Å²) in [6, 6.07) is 12.3. The number of benzene rings is 2. The summed E-state index contributed by atoms with van der Waals surface area (Å²) in [4.78, 5) is 27.2. The number of carbonyl (C=O) groups excluding carboxylic acids is 2. The molecular weight excluding hydrogens is 358 g/mol. The summed E-state index contributed by atoms with van der Waals surface area (Å²) < 4.78 is 10.6. The number of fused-ring (bicyclic) bond motifs is 1. The molecule has 0 radical (unpaired) electrons. The lowest BCUT2D eigenvalue weighted by Crippen LogP contribution is -2.46. The molecule has 28 heavy (non-hydrogen) atoms. The Morgan fingerprint density at radius 1 is 1.11 bits per heavy atom. The molecule has 2 amide bonds. The highest BCUT2D eigenvalue weighted by atomic mass is 16.7. The molecule has 2 aliphatic rings. The number of likely N-dealkylation sites (tertiary alicyclic amines) is 1. The molecule has 2 heterocycles. The lowest BCUT2D eigenvalue weighted by molar-refractivity contribution is -0.124. The number of anilines is 1. The summed E-state index contributed by atoms with van der Waals surface area (Å²) in [5.41, 5.74) is 8.02. The van der Waals surface area contributed by atoms with Gasteiger partial charge in [0.05, 0.1) is 0 Å². The monoisotopic (exact) mass is 381 g/mol. The first-order valence-corrected chi connectivity index (χ1v) is 9.44. The van der Waals surface area contributed by atoms with Crippen LogP contribution in [-0.2, 0) is 11.2 Å². The quantitative estimate of drug-likeness (QED) is 0.772. The molecule has 4 rings (SSSR count). The van der Waals surface area contributed by atoms with Gasteiger partial charge < -0.3 is 25.4 Å². The van der Waals surface area contributed by atoms with Gasteiger partial charge in [-0.2, -0.15) is 0 Å². The van der Waals surface area contributed by atoms with Crippen molar-refractivity contribution in [1.82, 2.24) is 10.2 Å². The van der Waals surface area contributed by atoms with E-state index in [-0.39, 0.29) is 18.6 Å². The second kappa shape index (κ2) is 7.80. The van der Waals surface area contributed by atoms with E-state index in [9.17, 15) is 9.59 Å². The molecule has 1 atom stereocenters. The highest BCUT2D eigenvalue weighted by molar-refractivity contribution is 5.98. The topological polar surface area (TPSA) is 93.9 Å². The highest BCUT2D eigenvalue weighted by Crippen LogP contribution is 2.33. The lowest BCUT2D eigenvalue weighted by Gasteiger charge is -2.24. The van der Waals surface area contributed by atoms with E-state index in [1.165, 1.54) is 0 Å². The number of nitrogen functional groups attached to an aromatic ring is 1. The van der Waals surface area contributed by atoms with Gasteiger partial charge in [-0.15, -0.1) is 0 Å². The van der Waals surface area contributed by atoms with Crippen molar-refractivity contribution in [3.05, 3.63) is 53.6 Å². The Kier molecular flexibility index (Phi) is 5.06. The van der Waals surface area contributed by atoms with Crippen LogP contribution in [0.2, 0.25) is 0 Å². The maximum Gasteiger partial charge on any atom is 0.254 e. The average molecular weight is 381 g/mol. The van der Waals surface area contributed by atoms with Crippen LogP contribution in [0.1, 0.15) is 28.8 Å². The van der Waals surface area contributed by atoms with Crippen molar-refractivity contribution in [3.8, 4) is 11.5 Å². The average Bonchev–Trinajstić information content (AvgIpc) is 3.37. The lowest BCUT2D eigenvalue weighted by atomic mass is 10.1. The Balaban J connectivity index is 1.36. The van der Waals surface area contributed by atoms with Gasteiger partial charge in [-0.05, 0) is 55.2 Å². The number of nitrogens with zero attached hydrogens (tertiary/aromatic N) is 1. The molecule has 1 fully saturated rings. The standard InChI is InChI=1S/C21H23N3O4/c22-16-6-3-14(4-7-16)9-10-23-20(25)17-2-1-11-24(17)21(26)15-5-8-18-19(12-15)28-13-27-18/h3-8,12,17H,1-2,9-11,13,22H2,(H,23,25). The van der Waals surface area contributed by atoms with Crippen molar-refractivity contribution in [2.75, 3.05) is 25.6 Å². The van der Waals surface area contributed by atoms with Gasteiger partial charge in [-0.1, -0.05) is 12.1 Å². The van der Waals surface area contributed by atoms with E-state index < -0.39 is 6.04 Å².